The molecule has 1 heterocycles. The molecule has 0 spiro atoms. The van der Waals surface area contributed by atoms with Crippen molar-refractivity contribution in [2.24, 2.45) is 0 Å². The van der Waals surface area contributed by atoms with E-state index in [1.165, 1.54) is 11.8 Å². The van der Waals surface area contributed by atoms with Crippen molar-refractivity contribution in [3.63, 3.8) is 0 Å². The fourth-order valence-corrected chi connectivity index (χ4v) is 4.71. The first-order valence-electron chi connectivity index (χ1n) is 11.5. The van der Waals surface area contributed by atoms with Crippen LogP contribution in [0.1, 0.15) is 16.7 Å². The van der Waals surface area contributed by atoms with Gasteiger partial charge < -0.3 is 9.80 Å². The molecule has 0 saturated heterocycles. The molecule has 0 unspecified atom stereocenters. The summed E-state index contributed by atoms with van der Waals surface area (Å²) in [6, 6.07) is 23.6. The van der Waals surface area contributed by atoms with Gasteiger partial charge in [-0.25, -0.2) is 4.98 Å². The summed E-state index contributed by atoms with van der Waals surface area (Å²) in [5.41, 5.74) is 4.91. The van der Waals surface area contributed by atoms with Crippen molar-refractivity contribution in [2.45, 2.75) is 25.2 Å². The van der Waals surface area contributed by atoms with E-state index in [0.717, 1.165) is 22.4 Å². The average Bonchev–Trinajstić information content (AvgIpc) is 2.86. The Morgan fingerprint density at radius 2 is 1.57 bits per heavy atom. The fourth-order valence-electron chi connectivity index (χ4n) is 3.77. The molecule has 0 N–H and O–H groups in total. The van der Waals surface area contributed by atoms with Gasteiger partial charge in [-0.05, 0) is 42.3 Å². The molecule has 0 bridgehead atoms. The van der Waals surface area contributed by atoms with E-state index in [2.05, 4.69) is 0 Å². The minimum absolute atomic E-state index is 0.0176. The number of benzene rings is 3. The van der Waals surface area contributed by atoms with Gasteiger partial charge in [-0.3, -0.25) is 14.2 Å². The minimum Gasteiger partial charge on any atom is -0.378 e. The molecule has 0 radical (unpaired) electrons. The molecule has 0 fully saturated rings. The van der Waals surface area contributed by atoms with E-state index >= 15 is 0 Å². The van der Waals surface area contributed by atoms with Crippen LogP contribution in [0.3, 0.4) is 0 Å². The van der Waals surface area contributed by atoms with E-state index in [4.69, 9.17) is 4.98 Å². The molecule has 6 nitrogen and oxygen atoms in total. The molecule has 35 heavy (non-hydrogen) atoms. The number of aromatic nitrogens is 2. The lowest BCUT2D eigenvalue weighted by Gasteiger charge is -2.19. The molecule has 0 aliphatic heterocycles. The molecule has 1 amide bonds. The van der Waals surface area contributed by atoms with E-state index in [-0.39, 0.29) is 17.2 Å². The number of nitrogens with zero attached hydrogens (tertiary/aromatic N) is 4. The Morgan fingerprint density at radius 1 is 0.914 bits per heavy atom. The van der Waals surface area contributed by atoms with Crippen LogP contribution in [0.4, 0.5) is 5.69 Å². The summed E-state index contributed by atoms with van der Waals surface area (Å²) >= 11 is 1.31. The molecular formula is C28H30N4O2S. The number of carbonyl (C=O) groups excluding carboxylic acids is 1. The Morgan fingerprint density at radius 3 is 2.26 bits per heavy atom. The molecule has 1 aromatic heterocycles. The van der Waals surface area contributed by atoms with Crippen molar-refractivity contribution < 1.29 is 4.79 Å². The SMILES string of the molecule is Cc1ccc(Cn2c(SCC(=O)N(C)Cc3ccc(N(C)C)cc3)nc3ccccc3c2=O)cc1. The lowest BCUT2D eigenvalue weighted by atomic mass is 10.1. The Bertz CT molecular complexity index is 1380. The van der Waals surface area contributed by atoms with Gasteiger partial charge in [-0.1, -0.05) is 65.9 Å². The maximum atomic E-state index is 13.3. The molecule has 4 aromatic rings. The maximum Gasteiger partial charge on any atom is 0.262 e. The van der Waals surface area contributed by atoms with Crippen molar-refractivity contribution >= 4 is 34.3 Å². The summed E-state index contributed by atoms with van der Waals surface area (Å²) in [5, 5.41) is 1.12. The van der Waals surface area contributed by atoms with Crippen LogP contribution in [-0.2, 0) is 17.9 Å². The summed E-state index contributed by atoms with van der Waals surface area (Å²) in [7, 11) is 5.80. The van der Waals surface area contributed by atoms with Crippen LogP contribution in [0.2, 0.25) is 0 Å². The van der Waals surface area contributed by atoms with Gasteiger partial charge in [0, 0.05) is 33.4 Å². The number of fused-ring (bicyclic) bond motifs is 1. The van der Waals surface area contributed by atoms with E-state index in [1.807, 2.05) is 92.6 Å². The number of amides is 1. The molecule has 0 saturated carbocycles. The van der Waals surface area contributed by atoms with Crippen LogP contribution in [0.5, 0.6) is 0 Å². The first kappa shape index (κ1) is 24.5. The number of aryl methyl sites for hydroxylation is 1. The van der Waals surface area contributed by atoms with Gasteiger partial charge in [0.25, 0.3) is 5.56 Å². The third-order valence-electron chi connectivity index (χ3n) is 5.91. The first-order chi connectivity index (χ1) is 16.8. The molecule has 180 valence electrons. The summed E-state index contributed by atoms with van der Waals surface area (Å²) in [5.74, 6) is 0.182. The normalized spacial score (nSPS) is 11.0. The summed E-state index contributed by atoms with van der Waals surface area (Å²) in [6.45, 7) is 2.96. The van der Waals surface area contributed by atoms with Crippen molar-refractivity contribution in [1.29, 1.82) is 0 Å². The zero-order valence-corrected chi connectivity index (χ0v) is 21.4. The van der Waals surface area contributed by atoms with Crippen LogP contribution >= 0.6 is 11.8 Å². The highest BCUT2D eigenvalue weighted by Crippen LogP contribution is 2.20. The number of thioether (sulfide) groups is 1. The van der Waals surface area contributed by atoms with Crippen LogP contribution in [-0.4, -0.2) is 47.3 Å². The third kappa shape index (κ3) is 5.92. The zero-order chi connectivity index (χ0) is 24.9. The van der Waals surface area contributed by atoms with Gasteiger partial charge >= 0.3 is 0 Å². The van der Waals surface area contributed by atoms with Gasteiger partial charge in [-0.15, -0.1) is 0 Å². The summed E-state index contributed by atoms with van der Waals surface area (Å²) < 4.78 is 1.67. The topological polar surface area (TPSA) is 58.4 Å². The molecule has 0 atom stereocenters. The third-order valence-corrected chi connectivity index (χ3v) is 6.87. The van der Waals surface area contributed by atoms with Crippen molar-refractivity contribution in [2.75, 3.05) is 31.8 Å². The number of hydrogen-bond donors (Lipinski definition) is 0. The lowest BCUT2D eigenvalue weighted by Crippen LogP contribution is -2.29. The Kier molecular flexibility index (Phi) is 7.56. The van der Waals surface area contributed by atoms with Crippen LogP contribution in [0.25, 0.3) is 10.9 Å². The van der Waals surface area contributed by atoms with Gasteiger partial charge in [-0.2, -0.15) is 0 Å². The largest absolute Gasteiger partial charge is 0.378 e. The predicted molar refractivity (Wildman–Crippen MR) is 144 cm³/mol. The average molecular weight is 487 g/mol. The highest BCUT2D eigenvalue weighted by Gasteiger charge is 2.16. The van der Waals surface area contributed by atoms with Crippen molar-refractivity contribution in [1.82, 2.24) is 14.5 Å². The number of carbonyl (C=O) groups is 1. The van der Waals surface area contributed by atoms with E-state index in [0.29, 0.717) is 29.1 Å². The monoisotopic (exact) mass is 486 g/mol. The van der Waals surface area contributed by atoms with Crippen LogP contribution in [0.15, 0.2) is 82.7 Å². The standard InChI is InChI=1S/C28H30N4O2S/c1-20-9-11-22(12-10-20)18-32-27(34)24-7-5-6-8-25(24)29-28(32)35-19-26(33)31(4)17-21-13-15-23(16-14-21)30(2)3/h5-16H,17-19H2,1-4H3. The number of rotatable bonds is 8. The Labute approximate surface area is 210 Å². The number of hydrogen-bond acceptors (Lipinski definition) is 5. The second-order valence-corrected chi connectivity index (χ2v) is 9.83. The predicted octanol–water partition coefficient (Wildman–Crippen LogP) is 4.57. The smallest absolute Gasteiger partial charge is 0.262 e. The second-order valence-electron chi connectivity index (χ2n) is 8.89. The first-order valence-corrected chi connectivity index (χ1v) is 12.5. The van der Waals surface area contributed by atoms with Gasteiger partial charge in [0.05, 0.1) is 23.2 Å². The minimum atomic E-state index is -0.0968. The van der Waals surface area contributed by atoms with Gasteiger partial charge in [0.15, 0.2) is 5.16 Å². The number of anilines is 1. The quantitative estimate of drug-likeness (QED) is 0.270. The Balaban J connectivity index is 1.52. The molecule has 0 aliphatic carbocycles. The van der Waals surface area contributed by atoms with Crippen LogP contribution < -0.4 is 10.5 Å². The summed E-state index contributed by atoms with van der Waals surface area (Å²) in [6.07, 6.45) is 0. The fraction of sp³-hybridized carbons (Fsp3) is 0.250. The van der Waals surface area contributed by atoms with E-state index in [1.54, 1.807) is 22.6 Å². The molecule has 3 aromatic carbocycles. The second kappa shape index (κ2) is 10.8. The molecular weight excluding hydrogens is 456 g/mol. The lowest BCUT2D eigenvalue weighted by molar-refractivity contribution is -0.127. The molecule has 7 heteroatoms. The van der Waals surface area contributed by atoms with Crippen LogP contribution in [0, 0.1) is 6.92 Å². The van der Waals surface area contributed by atoms with E-state index < -0.39 is 0 Å². The molecule has 4 rings (SSSR count). The maximum absolute atomic E-state index is 13.3. The van der Waals surface area contributed by atoms with Crippen molar-refractivity contribution in [3.05, 3.63) is 99.8 Å². The zero-order valence-electron chi connectivity index (χ0n) is 20.6. The van der Waals surface area contributed by atoms with Gasteiger partial charge in [0.2, 0.25) is 5.91 Å². The number of para-hydroxylation sites is 1. The highest BCUT2D eigenvalue weighted by atomic mass is 32.2. The van der Waals surface area contributed by atoms with Crippen molar-refractivity contribution in [3.8, 4) is 0 Å². The summed E-state index contributed by atoms with van der Waals surface area (Å²) in [4.78, 5) is 34.8. The Hall–Kier alpha value is -3.58. The molecule has 0 aliphatic rings. The van der Waals surface area contributed by atoms with E-state index in [9.17, 15) is 9.59 Å². The highest BCUT2D eigenvalue weighted by molar-refractivity contribution is 7.99. The van der Waals surface area contributed by atoms with Gasteiger partial charge in [0.1, 0.15) is 0 Å².